The van der Waals surface area contributed by atoms with E-state index in [1.807, 2.05) is 24.3 Å². The summed E-state index contributed by atoms with van der Waals surface area (Å²) in [5.74, 6) is -1.40. The molecule has 1 aromatic heterocycles. The van der Waals surface area contributed by atoms with Crippen LogP contribution in [0.15, 0.2) is 64.5 Å². The molecule has 1 N–H and O–H groups in total. The molecule has 3 nitrogen and oxygen atoms in total. The molecule has 0 amide bonds. The quantitative estimate of drug-likeness (QED) is 0.786. The maximum absolute atomic E-state index is 13.3. The molecule has 0 unspecified atom stereocenters. The number of aromatic carboxylic acids is 1. The lowest BCUT2D eigenvalue weighted by Crippen LogP contribution is -2.00. The van der Waals surface area contributed by atoms with E-state index >= 15 is 0 Å². The SMILES string of the molecule is O=C(O)c1cnc2ccccc2c1Sc1cccc(F)c1. The summed E-state index contributed by atoms with van der Waals surface area (Å²) >= 11 is 1.23. The lowest BCUT2D eigenvalue weighted by atomic mass is 10.1. The van der Waals surface area contributed by atoms with Crippen molar-refractivity contribution in [2.24, 2.45) is 0 Å². The number of halogens is 1. The van der Waals surface area contributed by atoms with Gasteiger partial charge in [-0.1, -0.05) is 36.0 Å². The first-order chi connectivity index (χ1) is 10.1. The van der Waals surface area contributed by atoms with Gasteiger partial charge in [0.05, 0.1) is 11.1 Å². The number of carboxylic acid groups (broad SMARTS) is 1. The summed E-state index contributed by atoms with van der Waals surface area (Å²) in [6.45, 7) is 0. The molecule has 0 aliphatic carbocycles. The predicted octanol–water partition coefficient (Wildman–Crippen LogP) is 4.22. The average Bonchev–Trinajstić information content (AvgIpc) is 2.47. The van der Waals surface area contributed by atoms with E-state index < -0.39 is 5.97 Å². The van der Waals surface area contributed by atoms with Gasteiger partial charge in [-0.05, 0) is 24.3 Å². The molecule has 0 spiro atoms. The Morgan fingerprint density at radius 2 is 1.95 bits per heavy atom. The number of rotatable bonds is 3. The zero-order valence-corrected chi connectivity index (χ0v) is 11.6. The fraction of sp³-hybridized carbons (Fsp3) is 0. The summed E-state index contributed by atoms with van der Waals surface area (Å²) in [5.41, 5.74) is 0.823. The highest BCUT2D eigenvalue weighted by Crippen LogP contribution is 2.35. The lowest BCUT2D eigenvalue weighted by Gasteiger charge is -2.09. The molecular formula is C16H10FNO2S. The number of carbonyl (C=O) groups is 1. The Bertz CT molecular complexity index is 835. The molecule has 5 heteroatoms. The van der Waals surface area contributed by atoms with Gasteiger partial charge in [0.25, 0.3) is 0 Å². The molecule has 1 heterocycles. The summed E-state index contributed by atoms with van der Waals surface area (Å²) in [5, 5.41) is 10.1. The maximum atomic E-state index is 13.3. The molecule has 0 bridgehead atoms. The number of aromatic nitrogens is 1. The van der Waals surface area contributed by atoms with Crippen molar-refractivity contribution < 1.29 is 14.3 Å². The van der Waals surface area contributed by atoms with E-state index in [1.165, 1.54) is 30.1 Å². The van der Waals surface area contributed by atoms with Crippen molar-refractivity contribution in [1.82, 2.24) is 4.98 Å². The van der Waals surface area contributed by atoms with E-state index in [0.29, 0.717) is 15.3 Å². The normalized spacial score (nSPS) is 10.7. The van der Waals surface area contributed by atoms with Gasteiger partial charge in [0.1, 0.15) is 5.82 Å². The van der Waals surface area contributed by atoms with Crippen LogP contribution >= 0.6 is 11.8 Å². The standard InChI is InChI=1S/C16H10FNO2S/c17-10-4-3-5-11(8-10)21-15-12-6-1-2-7-14(12)18-9-13(15)16(19)20/h1-9H,(H,19,20). The van der Waals surface area contributed by atoms with Crippen LogP contribution in [0, 0.1) is 5.82 Å². The zero-order chi connectivity index (χ0) is 14.8. The number of para-hydroxylation sites is 1. The van der Waals surface area contributed by atoms with E-state index in [-0.39, 0.29) is 11.4 Å². The summed E-state index contributed by atoms with van der Waals surface area (Å²) in [4.78, 5) is 16.8. The van der Waals surface area contributed by atoms with Crippen LogP contribution in [0.2, 0.25) is 0 Å². The Hall–Kier alpha value is -2.40. The van der Waals surface area contributed by atoms with Crippen molar-refractivity contribution in [3.8, 4) is 0 Å². The van der Waals surface area contributed by atoms with Crippen LogP contribution in [0.1, 0.15) is 10.4 Å². The van der Waals surface area contributed by atoms with Gasteiger partial charge in [-0.25, -0.2) is 9.18 Å². The molecule has 3 rings (SSSR count). The van der Waals surface area contributed by atoms with Crippen molar-refractivity contribution >= 4 is 28.6 Å². The second-order valence-corrected chi connectivity index (χ2v) is 5.47. The molecule has 0 aliphatic rings. The Kier molecular flexibility index (Phi) is 3.58. The zero-order valence-electron chi connectivity index (χ0n) is 10.8. The molecule has 0 saturated heterocycles. The molecular weight excluding hydrogens is 289 g/mol. The van der Waals surface area contributed by atoms with Crippen molar-refractivity contribution in [3.05, 3.63) is 66.1 Å². The third-order valence-corrected chi connectivity index (χ3v) is 4.11. The number of fused-ring (bicyclic) bond motifs is 1. The van der Waals surface area contributed by atoms with Gasteiger partial charge in [0.2, 0.25) is 0 Å². The first-order valence-corrected chi connectivity index (χ1v) is 7.01. The van der Waals surface area contributed by atoms with Crippen LogP contribution in [-0.2, 0) is 0 Å². The molecule has 104 valence electrons. The van der Waals surface area contributed by atoms with Gasteiger partial charge in [-0.15, -0.1) is 0 Å². The van der Waals surface area contributed by atoms with Crippen molar-refractivity contribution in [2.75, 3.05) is 0 Å². The number of hydrogen-bond donors (Lipinski definition) is 1. The first kappa shape index (κ1) is 13.6. The van der Waals surface area contributed by atoms with Crippen LogP contribution < -0.4 is 0 Å². The molecule has 0 fully saturated rings. The van der Waals surface area contributed by atoms with Gasteiger partial charge in [-0.3, -0.25) is 4.98 Å². The Balaban J connectivity index is 2.18. The van der Waals surface area contributed by atoms with Crippen molar-refractivity contribution in [3.63, 3.8) is 0 Å². The minimum atomic E-state index is -1.05. The number of hydrogen-bond acceptors (Lipinski definition) is 3. The molecule has 2 aromatic carbocycles. The highest BCUT2D eigenvalue weighted by molar-refractivity contribution is 7.99. The van der Waals surface area contributed by atoms with Crippen molar-refractivity contribution in [1.29, 1.82) is 0 Å². The molecule has 21 heavy (non-hydrogen) atoms. The lowest BCUT2D eigenvalue weighted by molar-refractivity contribution is 0.0693. The van der Waals surface area contributed by atoms with E-state index in [4.69, 9.17) is 0 Å². The fourth-order valence-corrected chi connectivity index (χ4v) is 3.11. The van der Waals surface area contributed by atoms with E-state index in [1.54, 1.807) is 12.1 Å². The van der Waals surface area contributed by atoms with E-state index in [2.05, 4.69) is 4.98 Å². The van der Waals surface area contributed by atoms with Gasteiger partial charge in [0.15, 0.2) is 0 Å². The van der Waals surface area contributed by atoms with Crippen LogP contribution in [0.25, 0.3) is 10.9 Å². The average molecular weight is 299 g/mol. The van der Waals surface area contributed by atoms with Gasteiger partial charge >= 0.3 is 5.97 Å². The third kappa shape index (κ3) is 2.73. The number of carboxylic acids is 1. The van der Waals surface area contributed by atoms with Crippen LogP contribution in [-0.4, -0.2) is 16.1 Å². The molecule has 0 atom stereocenters. The molecule has 0 saturated carbocycles. The molecule has 3 aromatic rings. The highest BCUT2D eigenvalue weighted by atomic mass is 32.2. The Morgan fingerprint density at radius 1 is 1.14 bits per heavy atom. The summed E-state index contributed by atoms with van der Waals surface area (Å²) in [7, 11) is 0. The van der Waals surface area contributed by atoms with Crippen LogP contribution in [0.3, 0.4) is 0 Å². The molecule has 0 aliphatic heterocycles. The van der Waals surface area contributed by atoms with Gasteiger partial charge in [0, 0.05) is 21.4 Å². The second kappa shape index (κ2) is 5.54. The largest absolute Gasteiger partial charge is 0.478 e. The highest BCUT2D eigenvalue weighted by Gasteiger charge is 2.15. The smallest absolute Gasteiger partial charge is 0.338 e. The van der Waals surface area contributed by atoms with E-state index in [0.717, 1.165) is 5.39 Å². The molecule has 0 radical (unpaired) electrons. The number of pyridine rings is 1. The van der Waals surface area contributed by atoms with Crippen LogP contribution in [0.4, 0.5) is 4.39 Å². The third-order valence-electron chi connectivity index (χ3n) is 2.97. The van der Waals surface area contributed by atoms with Gasteiger partial charge in [-0.2, -0.15) is 0 Å². The fourth-order valence-electron chi connectivity index (χ4n) is 2.03. The first-order valence-electron chi connectivity index (χ1n) is 6.19. The number of benzene rings is 2. The second-order valence-electron chi connectivity index (χ2n) is 4.38. The Morgan fingerprint density at radius 3 is 2.71 bits per heavy atom. The summed E-state index contributed by atoms with van der Waals surface area (Å²) < 4.78 is 13.3. The van der Waals surface area contributed by atoms with Crippen LogP contribution in [0.5, 0.6) is 0 Å². The predicted molar refractivity (Wildman–Crippen MR) is 79.2 cm³/mol. The topological polar surface area (TPSA) is 50.2 Å². The minimum Gasteiger partial charge on any atom is -0.478 e. The summed E-state index contributed by atoms with van der Waals surface area (Å²) in [6.07, 6.45) is 1.34. The monoisotopic (exact) mass is 299 g/mol. The van der Waals surface area contributed by atoms with Crippen molar-refractivity contribution in [2.45, 2.75) is 9.79 Å². The summed E-state index contributed by atoms with van der Waals surface area (Å²) in [6, 6.07) is 13.4. The number of nitrogens with zero attached hydrogens (tertiary/aromatic N) is 1. The minimum absolute atomic E-state index is 0.114. The van der Waals surface area contributed by atoms with E-state index in [9.17, 15) is 14.3 Å². The maximum Gasteiger partial charge on any atom is 0.338 e. The Labute approximate surface area is 124 Å². The van der Waals surface area contributed by atoms with Gasteiger partial charge < -0.3 is 5.11 Å².